The molecule has 1 aliphatic rings. The molecule has 1 saturated heterocycles. The Labute approximate surface area is 67.5 Å². The predicted molar refractivity (Wildman–Crippen MR) is 44.1 cm³/mol. The van der Waals surface area contributed by atoms with Crippen LogP contribution >= 0.6 is 0 Å². The first kappa shape index (κ1) is 8.53. The number of likely N-dealkylation sites (tertiary alicyclic amines) is 1. The van der Waals surface area contributed by atoms with Gasteiger partial charge in [0.1, 0.15) is 0 Å². The summed E-state index contributed by atoms with van der Waals surface area (Å²) >= 11 is 0. The van der Waals surface area contributed by atoms with Gasteiger partial charge in [-0.1, -0.05) is 6.92 Å². The summed E-state index contributed by atoms with van der Waals surface area (Å²) in [5.74, 6) is 0.236. The van der Waals surface area contributed by atoms with Crippen LogP contribution in [0.3, 0.4) is 0 Å². The van der Waals surface area contributed by atoms with Gasteiger partial charge in [0.2, 0.25) is 5.91 Å². The molecule has 1 fully saturated rings. The van der Waals surface area contributed by atoms with Crippen molar-refractivity contribution in [1.29, 1.82) is 0 Å². The lowest BCUT2D eigenvalue weighted by atomic mass is 10.1. The van der Waals surface area contributed by atoms with Crippen LogP contribution in [0.15, 0.2) is 0 Å². The molecule has 0 aromatic rings. The van der Waals surface area contributed by atoms with Crippen molar-refractivity contribution < 1.29 is 4.79 Å². The first-order chi connectivity index (χ1) is 5.24. The summed E-state index contributed by atoms with van der Waals surface area (Å²) in [6.07, 6.45) is 2.73. The first-order valence-corrected chi connectivity index (χ1v) is 4.27. The Bertz CT molecular complexity index is 147. The van der Waals surface area contributed by atoms with Crippen molar-refractivity contribution in [3.8, 4) is 0 Å². The summed E-state index contributed by atoms with van der Waals surface area (Å²) in [5.41, 5.74) is 5.72. The zero-order valence-corrected chi connectivity index (χ0v) is 7.05. The van der Waals surface area contributed by atoms with E-state index in [0.29, 0.717) is 6.42 Å². The average Bonchev–Trinajstić information content (AvgIpc) is 2.03. The fourth-order valence-electron chi connectivity index (χ4n) is 1.46. The number of rotatable bonds is 1. The van der Waals surface area contributed by atoms with Crippen molar-refractivity contribution in [3.63, 3.8) is 0 Å². The smallest absolute Gasteiger partial charge is 0.222 e. The molecule has 1 unspecified atom stereocenters. The Balaban J connectivity index is 2.39. The van der Waals surface area contributed by atoms with E-state index in [1.54, 1.807) is 0 Å². The van der Waals surface area contributed by atoms with Crippen LogP contribution in [0.2, 0.25) is 0 Å². The molecule has 0 saturated carbocycles. The van der Waals surface area contributed by atoms with Crippen molar-refractivity contribution in [2.24, 2.45) is 5.73 Å². The van der Waals surface area contributed by atoms with Gasteiger partial charge < -0.3 is 10.6 Å². The van der Waals surface area contributed by atoms with Crippen LogP contribution in [0.1, 0.15) is 26.2 Å². The van der Waals surface area contributed by atoms with Gasteiger partial charge in [-0.25, -0.2) is 0 Å². The monoisotopic (exact) mass is 156 g/mol. The fraction of sp³-hybridized carbons (Fsp3) is 0.875. The van der Waals surface area contributed by atoms with E-state index in [4.69, 9.17) is 5.73 Å². The maximum Gasteiger partial charge on any atom is 0.222 e. The van der Waals surface area contributed by atoms with Crippen LogP contribution in [-0.2, 0) is 4.79 Å². The number of hydrogen-bond acceptors (Lipinski definition) is 2. The molecule has 1 amide bonds. The molecule has 0 spiro atoms. The minimum absolute atomic E-state index is 0.208. The van der Waals surface area contributed by atoms with Gasteiger partial charge in [-0.3, -0.25) is 4.79 Å². The minimum Gasteiger partial charge on any atom is -0.341 e. The van der Waals surface area contributed by atoms with E-state index >= 15 is 0 Å². The third kappa shape index (κ3) is 2.19. The number of nitrogens with two attached hydrogens (primary N) is 1. The molecule has 1 heterocycles. The second-order valence-electron chi connectivity index (χ2n) is 3.10. The Morgan fingerprint density at radius 3 is 3.00 bits per heavy atom. The van der Waals surface area contributed by atoms with E-state index in [0.717, 1.165) is 25.9 Å². The van der Waals surface area contributed by atoms with Gasteiger partial charge >= 0.3 is 0 Å². The molecule has 0 radical (unpaired) electrons. The van der Waals surface area contributed by atoms with Gasteiger partial charge in [0.05, 0.1) is 0 Å². The molecule has 1 atom stereocenters. The Morgan fingerprint density at radius 2 is 2.45 bits per heavy atom. The highest BCUT2D eigenvalue weighted by Gasteiger charge is 2.19. The van der Waals surface area contributed by atoms with E-state index in [9.17, 15) is 4.79 Å². The topological polar surface area (TPSA) is 46.3 Å². The van der Waals surface area contributed by atoms with Crippen molar-refractivity contribution in [2.75, 3.05) is 13.1 Å². The predicted octanol–water partition coefficient (Wildman–Crippen LogP) is 0.346. The quantitative estimate of drug-likeness (QED) is 0.595. The van der Waals surface area contributed by atoms with Crippen LogP contribution in [0, 0.1) is 0 Å². The summed E-state index contributed by atoms with van der Waals surface area (Å²) < 4.78 is 0. The second-order valence-corrected chi connectivity index (χ2v) is 3.10. The molecule has 64 valence electrons. The van der Waals surface area contributed by atoms with E-state index in [1.165, 1.54) is 0 Å². The third-order valence-electron chi connectivity index (χ3n) is 2.11. The van der Waals surface area contributed by atoms with Gasteiger partial charge in [-0.15, -0.1) is 0 Å². The number of nitrogens with zero attached hydrogens (tertiary/aromatic N) is 1. The van der Waals surface area contributed by atoms with Crippen molar-refractivity contribution >= 4 is 5.91 Å². The highest BCUT2D eigenvalue weighted by molar-refractivity contribution is 5.75. The highest BCUT2D eigenvalue weighted by Crippen LogP contribution is 2.08. The normalized spacial score (nSPS) is 25.3. The molecule has 0 aliphatic carbocycles. The van der Waals surface area contributed by atoms with Crippen LogP contribution in [0.25, 0.3) is 0 Å². The molecule has 0 bridgehead atoms. The number of carbonyl (C=O) groups excluding carboxylic acids is 1. The lowest BCUT2D eigenvalue weighted by molar-refractivity contribution is -0.132. The SMILES string of the molecule is CCC(=O)N1CCCC(N)C1. The lowest BCUT2D eigenvalue weighted by Crippen LogP contribution is -2.45. The lowest BCUT2D eigenvalue weighted by Gasteiger charge is -2.30. The fourth-order valence-corrected chi connectivity index (χ4v) is 1.46. The van der Waals surface area contributed by atoms with E-state index < -0.39 is 0 Å². The molecule has 3 nitrogen and oxygen atoms in total. The molecule has 0 aromatic carbocycles. The van der Waals surface area contributed by atoms with E-state index in [-0.39, 0.29) is 11.9 Å². The highest BCUT2D eigenvalue weighted by atomic mass is 16.2. The largest absolute Gasteiger partial charge is 0.341 e. The van der Waals surface area contributed by atoms with Crippen LogP contribution in [0.5, 0.6) is 0 Å². The molecule has 1 rings (SSSR count). The van der Waals surface area contributed by atoms with Crippen LogP contribution in [-0.4, -0.2) is 29.9 Å². The summed E-state index contributed by atoms with van der Waals surface area (Å²) in [4.78, 5) is 13.1. The van der Waals surface area contributed by atoms with Gasteiger partial charge in [-0.05, 0) is 12.8 Å². The Kier molecular flexibility index (Phi) is 2.88. The maximum atomic E-state index is 11.2. The Hall–Kier alpha value is -0.570. The molecule has 11 heavy (non-hydrogen) atoms. The van der Waals surface area contributed by atoms with Crippen molar-refractivity contribution in [2.45, 2.75) is 32.2 Å². The summed E-state index contributed by atoms with van der Waals surface area (Å²) in [6.45, 7) is 3.55. The van der Waals surface area contributed by atoms with E-state index in [2.05, 4.69) is 0 Å². The molecule has 0 aromatic heterocycles. The first-order valence-electron chi connectivity index (χ1n) is 4.27. The maximum absolute atomic E-state index is 11.2. The number of carbonyl (C=O) groups is 1. The number of amides is 1. The molecule has 3 heteroatoms. The minimum atomic E-state index is 0.208. The molecule has 1 aliphatic heterocycles. The Morgan fingerprint density at radius 1 is 1.73 bits per heavy atom. The van der Waals surface area contributed by atoms with Gasteiger partial charge in [-0.2, -0.15) is 0 Å². The zero-order valence-electron chi connectivity index (χ0n) is 7.05. The van der Waals surface area contributed by atoms with Crippen LogP contribution < -0.4 is 5.73 Å². The molecular weight excluding hydrogens is 140 g/mol. The molecule has 2 N–H and O–H groups in total. The van der Waals surface area contributed by atoms with Crippen molar-refractivity contribution in [1.82, 2.24) is 4.90 Å². The van der Waals surface area contributed by atoms with Crippen LogP contribution in [0.4, 0.5) is 0 Å². The standard InChI is InChI=1S/C8H16N2O/c1-2-8(11)10-5-3-4-7(9)6-10/h7H,2-6,9H2,1H3. The number of piperidine rings is 1. The van der Waals surface area contributed by atoms with Gasteiger partial charge in [0, 0.05) is 25.6 Å². The average molecular weight is 156 g/mol. The second kappa shape index (κ2) is 3.72. The van der Waals surface area contributed by atoms with E-state index in [1.807, 2.05) is 11.8 Å². The zero-order chi connectivity index (χ0) is 8.27. The summed E-state index contributed by atoms with van der Waals surface area (Å²) in [5, 5.41) is 0. The van der Waals surface area contributed by atoms with Gasteiger partial charge in [0.25, 0.3) is 0 Å². The summed E-state index contributed by atoms with van der Waals surface area (Å²) in [7, 11) is 0. The number of hydrogen-bond donors (Lipinski definition) is 1. The van der Waals surface area contributed by atoms with Crippen molar-refractivity contribution in [3.05, 3.63) is 0 Å². The molecular formula is C8H16N2O. The summed E-state index contributed by atoms with van der Waals surface area (Å²) in [6, 6.07) is 0.208. The van der Waals surface area contributed by atoms with Gasteiger partial charge in [0.15, 0.2) is 0 Å². The third-order valence-corrected chi connectivity index (χ3v) is 2.11.